The third-order valence-electron chi connectivity index (χ3n) is 13.5. The Balaban J connectivity index is 0.656. The molecule has 5 aliphatic rings. The van der Waals surface area contributed by atoms with Crippen LogP contribution in [0.3, 0.4) is 0 Å². The van der Waals surface area contributed by atoms with Crippen molar-refractivity contribution in [2.24, 2.45) is 5.92 Å². The zero-order valence-corrected chi connectivity index (χ0v) is 34.2. The molecule has 10 rings (SSSR count). The van der Waals surface area contributed by atoms with E-state index in [4.69, 9.17) is 15.4 Å². The van der Waals surface area contributed by atoms with Crippen LogP contribution in [-0.2, 0) is 20.9 Å². The van der Waals surface area contributed by atoms with Crippen LogP contribution >= 0.6 is 0 Å². The number of nitrogens with two attached hydrogens (primary N) is 1. The Morgan fingerprint density at radius 1 is 0.918 bits per heavy atom. The van der Waals surface area contributed by atoms with Crippen LogP contribution in [0.25, 0.3) is 33.7 Å². The van der Waals surface area contributed by atoms with Gasteiger partial charge in [0.2, 0.25) is 17.7 Å². The number of hydrogen-bond donors (Lipinski definition) is 3. The zero-order valence-electron chi connectivity index (χ0n) is 34.2. The predicted molar refractivity (Wildman–Crippen MR) is 225 cm³/mol. The number of unbranched alkanes of at least 4 members (excludes halogenated alkanes) is 3. The number of nitrogens with zero attached hydrogens (tertiary/aromatic N) is 8. The summed E-state index contributed by atoms with van der Waals surface area (Å²) in [5.41, 5.74) is 12.7. The van der Waals surface area contributed by atoms with Gasteiger partial charge in [0.1, 0.15) is 35.3 Å². The summed E-state index contributed by atoms with van der Waals surface area (Å²) in [4.78, 5) is 68.2. The molecular weight excluding hydrogens is 775 g/mol. The van der Waals surface area contributed by atoms with E-state index in [1.165, 1.54) is 11.9 Å². The first-order chi connectivity index (χ1) is 29.8. The third-order valence-corrected chi connectivity index (χ3v) is 13.5. The number of carbonyl (C=O) groups excluding carboxylic acids is 4. The van der Waals surface area contributed by atoms with E-state index < -0.39 is 6.04 Å². The van der Waals surface area contributed by atoms with E-state index in [1.807, 2.05) is 35.0 Å². The molecule has 0 unspecified atom stereocenters. The summed E-state index contributed by atoms with van der Waals surface area (Å²) in [5, 5.41) is 15.7. The van der Waals surface area contributed by atoms with E-state index in [0.29, 0.717) is 78.0 Å². The van der Waals surface area contributed by atoms with Crippen molar-refractivity contribution in [2.45, 2.75) is 108 Å². The summed E-state index contributed by atoms with van der Waals surface area (Å²) in [5.74, 6) is 1.10. The lowest BCUT2D eigenvalue weighted by atomic mass is 9.79. The summed E-state index contributed by atoms with van der Waals surface area (Å²) in [6.45, 7) is 4.20. The van der Waals surface area contributed by atoms with Crippen LogP contribution < -0.4 is 16.4 Å². The first-order valence-electron chi connectivity index (χ1n) is 22.0. The maximum absolute atomic E-state index is 13.3. The van der Waals surface area contributed by atoms with Crippen LogP contribution in [0.15, 0.2) is 53.4 Å². The maximum atomic E-state index is 13.3. The molecule has 4 N–H and O–H groups in total. The highest BCUT2D eigenvalue weighted by atomic mass is 16.5. The van der Waals surface area contributed by atoms with Crippen molar-refractivity contribution in [2.75, 3.05) is 31.9 Å². The van der Waals surface area contributed by atoms with Gasteiger partial charge in [-0.05, 0) is 113 Å². The van der Waals surface area contributed by atoms with E-state index in [-0.39, 0.29) is 42.0 Å². The first-order valence-corrected chi connectivity index (χ1v) is 22.0. The average Bonchev–Trinajstić information content (AvgIpc) is 3.76. The van der Waals surface area contributed by atoms with Gasteiger partial charge in [-0.3, -0.25) is 29.5 Å². The molecular formula is C45H51N11O5. The second-order valence-corrected chi connectivity index (χ2v) is 17.5. The van der Waals surface area contributed by atoms with Gasteiger partial charge in [-0.25, -0.2) is 14.6 Å². The zero-order chi connectivity index (χ0) is 41.6. The second kappa shape index (κ2) is 16.4. The van der Waals surface area contributed by atoms with E-state index in [0.717, 1.165) is 93.6 Å². The standard InChI is InChI=1S/C45H51N11O5/c46-41-37-38(39-36(33-7-3-5-16-47-33)40(61-53-39)27-8-9-27)52-56(42(37)50-25-49-41)31-21-30(22-31)43(58)48-17-4-1-2-6-18-54-19-14-26(15-20-54)28-10-11-29-24-55(45(60)32(29)23-28)34-12-13-35(57)51-44(34)59/h3,5,7,10-11,16,23,25-27,30-31,34H,1-2,4,6,8-9,12-15,17-22,24H2,(H,48,58)(H2,46,49,50)(H,51,57,59)/t30?,31?,34-/m1/s1. The molecule has 2 aliphatic carbocycles. The highest BCUT2D eigenvalue weighted by molar-refractivity contribution is 6.05. The number of carbonyl (C=O) groups is 4. The Morgan fingerprint density at radius 3 is 2.54 bits per heavy atom. The number of hydrogen-bond acceptors (Lipinski definition) is 12. The Kier molecular flexibility index (Phi) is 10.5. The Morgan fingerprint density at radius 2 is 1.75 bits per heavy atom. The summed E-state index contributed by atoms with van der Waals surface area (Å²) in [7, 11) is 0. The van der Waals surface area contributed by atoms with Gasteiger partial charge in [0.25, 0.3) is 5.91 Å². The van der Waals surface area contributed by atoms with Crippen LogP contribution in [-0.4, -0.2) is 95.5 Å². The van der Waals surface area contributed by atoms with E-state index >= 15 is 0 Å². The number of rotatable bonds is 14. The van der Waals surface area contributed by atoms with Crippen LogP contribution in [0.1, 0.15) is 122 Å². The minimum absolute atomic E-state index is 0.00472. The van der Waals surface area contributed by atoms with Gasteiger partial charge < -0.3 is 25.4 Å². The van der Waals surface area contributed by atoms with Crippen LogP contribution in [0.2, 0.25) is 0 Å². The molecule has 0 bridgehead atoms. The summed E-state index contributed by atoms with van der Waals surface area (Å²) in [6.07, 6.45) is 13.6. The molecule has 0 radical (unpaired) electrons. The number of nitrogen functional groups attached to an aromatic ring is 1. The third kappa shape index (κ3) is 7.66. The molecule has 0 spiro atoms. The minimum Gasteiger partial charge on any atom is -0.383 e. The smallest absolute Gasteiger partial charge is 0.255 e. The van der Waals surface area contributed by atoms with Gasteiger partial charge in [-0.2, -0.15) is 5.10 Å². The number of benzene rings is 1. The normalized spacial score (nSPS) is 22.1. The van der Waals surface area contributed by atoms with Crippen LogP contribution in [0.4, 0.5) is 5.82 Å². The molecule has 2 saturated carbocycles. The highest BCUT2D eigenvalue weighted by Crippen LogP contribution is 2.49. The monoisotopic (exact) mass is 825 g/mol. The Bertz CT molecular complexity index is 2480. The maximum Gasteiger partial charge on any atom is 0.255 e. The van der Waals surface area contributed by atoms with E-state index in [9.17, 15) is 19.2 Å². The predicted octanol–water partition coefficient (Wildman–Crippen LogP) is 5.27. The number of nitrogens with one attached hydrogen (secondary N) is 2. The molecule has 316 valence electrons. The Hall–Kier alpha value is -6.03. The Labute approximate surface area is 353 Å². The van der Waals surface area contributed by atoms with Gasteiger partial charge in [0, 0.05) is 43.1 Å². The molecule has 4 amide bonds. The van der Waals surface area contributed by atoms with Gasteiger partial charge in [-0.1, -0.05) is 36.2 Å². The number of piperidine rings is 2. The fraction of sp³-hybridized carbons (Fsp3) is 0.489. The fourth-order valence-electron chi connectivity index (χ4n) is 9.75. The van der Waals surface area contributed by atoms with Gasteiger partial charge in [-0.15, -0.1) is 0 Å². The second-order valence-electron chi connectivity index (χ2n) is 17.5. The van der Waals surface area contributed by atoms with Crippen molar-refractivity contribution in [3.05, 3.63) is 71.4 Å². The summed E-state index contributed by atoms with van der Waals surface area (Å²) >= 11 is 0. The highest BCUT2D eigenvalue weighted by Gasteiger charge is 2.41. The fourth-order valence-corrected chi connectivity index (χ4v) is 9.75. The molecule has 16 nitrogen and oxygen atoms in total. The lowest BCUT2D eigenvalue weighted by molar-refractivity contribution is -0.137. The van der Waals surface area contributed by atoms with Gasteiger partial charge in [0.05, 0.1) is 22.7 Å². The number of likely N-dealkylation sites (tertiary alicyclic amines) is 1. The molecule has 61 heavy (non-hydrogen) atoms. The summed E-state index contributed by atoms with van der Waals surface area (Å²) in [6, 6.07) is 11.4. The number of imide groups is 1. The lowest BCUT2D eigenvalue weighted by Crippen LogP contribution is -2.52. The van der Waals surface area contributed by atoms with Crippen molar-refractivity contribution in [3.63, 3.8) is 0 Å². The van der Waals surface area contributed by atoms with Crippen molar-refractivity contribution in [3.8, 4) is 22.6 Å². The van der Waals surface area contributed by atoms with E-state index in [1.54, 1.807) is 11.1 Å². The molecule has 7 heterocycles. The van der Waals surface area contributed by atoms with Crippen molar-refractivity contribution >= 4 is 40.5 Å². The number of pyridine rings is 1. The number of aromatic nitrogens is 6. The van der Waals surface area contributed by atoms with Gasteiger partial charge >= 0.3 is 0 Å². The topological polar surface area (TPSA) is 207 Å². The summed E-state index contributed by atoms with van der Waals surface area (Å²) < 4.78 is 7.81. The quantitative estimate of drug-likeness (QED) is 0.0967. The lowest BCUT2D eigenvalue weighted by Gasteiger charge is -2.34. The number of anilines is 1. The SMILES string of the molecule is Nc1ncnc2c1c(-c1noc(C3CC3)c1-c1ccccn1)nn2C1CC(C(=O)NCCCCCCN2CCC(c3ccc4c(c3)C(=O)N([C@@H]3CCC(=O)NC3=O)C4)CC2)C1. The number of amides is 4. The van der Waals surface area contributed by atoms with E-state index in [2.05, 4.69) is 41.7 Å². The molecule has 3 aliphatic heterocycles. The molecule has 4 aromatic heterocycles. The van der Waals surface area contributed by atoms with Gasteiger partial charge in [0.15, 0.2) is 5.65 Å². The molecule has 16 heteroatoms. The molecule has 1 atom stereocenters. The molecule has 2 saturated heterocycles. The van der Waals surface area contributed by atoms with Crippen LogP contribution in [0.5, 0.6) is 0 Å². The first kappa shape index (κ1) is 39.1. The number of fused-ring (bicyclic) bond motifs is 2. The molecule has 4 fully saturated rings. The largest absolute Gasteiger partial charge is 0.383 e. The van der Waals surface area contributed by atoms with Crippen molar-refractivity contribution in [1.82, 2.24) is 50.3 Å². The van der Waals surface area contributed by atoms with Crippen molar-refractivity contribution < 1.29 is 23.7 Å². The molecule has 5 aromatic rings. The minimum atomic E-state index is -0.590. The van der Waals surface area contributed by atoms with Crippen molar-refractivity contribution in [1.29, 1.82) is 0 Å². The molecule has 1 aromatic carbocycles. The average molecular weight is 826 g/mol. The van der Waals surface area contributed by atoms with Crippen LogP contribution in [0, 0.1) is 5.92 Å².